The molecule has 16 heteroatoms. The Morgan fingerprint density at radius 1 is 0.625 bits per heavy atom. The van der Waals surface area contributed by atoms with E-state index < -0.39 is 30.3 Å². The van der Waals surface area contributed by atoms with Crippen molar-refractivity contribution in [1.82, 2.24) is 45.7 Å². The number of nitrogens with one attached hydrogen (secondary N) is 5. The van der Waals surface area contributed by atoms with E-state index in [1.807, 2.05) is 72.8 Å². The Morgan fingerprint density at radius 2 is 1.09 bits per heavy atom. The van der Waals surface area contributed by atoms with Crippen molar-refractivity contribution >= 4 is 29.9 Å². The molecule has 2 saturated heterocycles. The summed E-state index contributed by atoms with van der Waals surface area (Å²) >= 11 is 0. The molecule has 2 fully saturated rings. The second kappa shape index (κ2) is 19.1. The van der Waals surface area contributed by atoms with Crippen LogP contribution in [0.3, 0.4) is 0 Å². The highest BCUT2D eigenvalue weighted by Crippen LogP contribution is 2.37. The summed E-state index contributed by atoms with van der Waals surface area (Å²) in [5.74, 6) is 0.232. The van der Waals surface area contributed by atoms with E-state index in [9.17, 15) is 24.0 Å². The van der Waals surface area contributed by atoms with Gasteiger partial charge in [-0.3, -0.25) is 14.4 Å². The number of hydrogen-bond donors (Lipinski definition) is 5. The number of imidazole rings is 2. The van der Waals surface area contributed by atoms with Crippen LogP contribution in [0.1, 0.15) is 83.1 Å². The number of amides is 5. The van der Waals surface area contributed by atoms with Crippen molar-refractivity contribution in [3.05, 3.63) is 144 Å². The number of ether oxygens (including phenoxy) is 2. The first-order chi connectivity index (χ1) is 31.2. The van der Waals surface area contributed by atoms with E-state index in [-0.39, 0.29) is 29.5 Å². The molecule has 64 heavy (non-hydrogen) atoms. The van der Waals surface area contributed by atoms with Gasteiger partial charge in [0.1, 0.15) is 23.7 Å². The minimum Gasteiger partial charge on any atom is -0.453 e. The highest BCUT2D eigenvalue weighted by Gasteiger charge is 2.39. The van der Waals surface area contributed by atoms with Crippen molar-refractivity contribution < 1.29 is 33.4 Å². The van der Waals surface area contributed by atoms with Crippen LogP contribution in [0.25, 0.3) is 33.6 Å². The van der Waals surface area contributed by atoms with Crippen LogP contribution >= 0.6 is 0 Å². The molecule has 328 valence electrons. The smallest absolute Gasteiger partial charge is 0.407 e. The van der Waals surface area contributed by atoms with Crippen molar-refractivity contribution in [1.29, 1.82) is 0 Å². The van der Waals surface area contributed by atoms with Crippen LogP contribution in [0.2, 0.25) is 0 Å². The average Bonchev–Trinajstić information content (AvgIpc) is 4.20. The van der Waals surface area contributed by atoms with Gasteiger partial charge in [-0.05, 0) is 53.5 Å². The van der Waals surface area contributed by atoms with Gasteiger partial charge in [-0.25, -0.2) is 19.6 Å². The van der Waals surface area contributed by atoms with E-state index in [1.165, 1.54) is 14.2 Å². The monoisotopic (exact) mass is 863 g/mol. The molecule has 2 aliphatic heterocycles. The van der Waals surface area contributed by atoms with Gasteiger partial charge in [-0.1, -0.05) is 109 Å². The molecular weight excluding hydrogens is 815 g/mol. The van der Waals surface area contributed by atoms with E-state index in [2.05, 4.69) is 25.9 Å². The van der Waals surface area contributed by atoms with Crippen molar-refractivity contribution in [2.45, 2.75) is 49.9 Å². The molecule has 4 aromatic carbocycles. The maximum Gasteiger partial charge on any atom is 0.407 e. The Hall–Kier alpha value is -7.75. The maximum atomic E-state index is 14.1. The number of aromatic amines is 2. The third-order valence-electron chi connectivity index (χ3n) is 11.8. The summed E-state index contributed by atoms with van der Waals surface area (Å²) in [7, 11) is 4.07. The van der Waals surface area contributed by atoms with E-state index in [0.29, 0.717) is 54.4 Å². The number of aromatic nitrogens is 4. The number of carbonyl (C=O) groups excluding carboxylic acids is 5. The summed E-state index contributed by atoms with van der Waals surface area (Å²) < 4.78 is 9.67. The molecule has 0 bridgehead atoms. The van der Waals surface area contributed by atoms with Crippen LogP contribution in [0.5, 0.6) is 0 Å². The molecule has 2 aliphatic rings. The number of methoxy groups -OCH3 is 2. The van der Waals surface area contributed by atoms with E-state index in [4.69, 9.17) is 19.4 Å². The first-order valence-corrected chi connectivity index (χ1v) is 21.1. The van der Waals surface area contributed by atoms with Gasteiger partial charge in [0.15, 0.2) is 5.69 Å². The van der Waals surface area contributed by atoms with Gasteiger partial charge in [-0.2, -0.15) is 0 Å². The fourth-order valence-electron chi connectivity index (χ4n) is 8.55. The maximum absolute atomic E-state index is 14.1. The Bertz CT molecular complexity index is 2610. The van der Waals surface area contributed by atoms with Crippen molar-refractivity contribution in [3.63, 3.8) is 0 Å². The first-order valence-electron chi connectivity index (χ1n) is 21.1. The van der Waals surface area contributed by atoms with Gasteiger partial charge in [0.2, 0.25) is 0 Å². The zero-order valence-corrected chi connectivity index (χ0v) is 35.7. The molecule has 0 unspecified atom stereocenters. The molecule has 0 radical (unpaired) electrons. The Kier molecular flexibility index (Phi) is 12.8. The van der Waals surface area contributed by atoms with Crippen molar-refractivity contribution in [2.24, 2.45) is 0 Å². The van der Waals surface area contributed by atoms with Crippen LogP contribution < -0.4 is 16.0 Å². The van der Waals surface area contributed by atoms with Crippen molar-refractivity contribution in [3.8, 4) is 33.6 Å². The second-order valence-electron chi connectivity index (χ2n) is 15.6. The molecular formula is C48H49N9O7. The van der Waals surface area contributed by atoms with Gasteiger partial charge in [-0.15, -0.1) is 0 Å². The highest BCUT2D eigenvalue weighted by molar-refractivity contribution is 5.98. The standard InChI is InChI=1S/C48H49N9O7/c1-49-44(58)41-38(52-43(53-41)37-17-11-27-57(37)46(60)40(55-48(62)64-3)33-14-8-5-9-15-33)34-24-20-30(21-25-34)29-18-22-31(23-19-29)35-28-50-42(51-35)36-16-10-26-56(36)45(59)39(54-47(61)63-2)32-12-6-4-7-13-32/h4-9,12-15,18-25,28,36-37,39-40H,10-11,16-17,26-27H2,1-3H3,(H,49,58)(H,50,51)(H,52,53)(H,54,61)(H,55,62)/t36-,37-,39+,40+/m0/s1. The molecule has 0 aliphatic carbocycles. The van der Waals surface area contributed by atoms with Crippen molar-refractivity contribution in [2.75, 3.05) is 34.4 Å². The number of H-pyrrole nitrogens is 2. The summed E-state index contributed by atoms with van der Waals surface area (Å²) in [6, 6.07) is 31.3. The molecule has 2 aromatic heterocycles. The average molecular weight is 864 g/mol. The number of benzene rings is 4. The van der Waals surface area contributed by atoms with Crippen LogP contribution in [0, 0.1) is 0 Å². The molecule has 0 spiro atoms. The third kappa shape index (κ3) is 8.93. The lowest BCUT2D eigenvalue weighted by molar-refractivity contribution is -0.135. The van der Waals surface area contributed by atoms with Gasteiger partial charge in [0, 0.05) is 25.7 Å². The minimum atomic E-state index is -0.974. The zero-order chi connectivity index (χ0) is 44.7. The summed E-state index contributed by atoms with van der Waals surface area (Å²) in [5, 5.41) is 8.08. The number of likely N-dealkylation sites (tertiary alicyclic amines) is 2. The van der Waals surface area contributed by atoms with Gasteiger partial charge in [0.05, 0.1) is 43.9 Å². The summed E-state index contributed by atoms with van der Waals surface area (Å²) in [6.45, 7) is 0.977. The number of carbonyl (C=O) groups is 5. The van der Waals surface area contributed by atoms with Crippen LogP contribution in [-0.2, 0) is 19.1 Å². The topological polar surface area (TPSA) is 204 Å². The molecule has 4 atom stereocenters. The predicted octanol–water partition coefficient (Wildman–Crippen LogP) is 7.02. The number of alkyl carbamates (subject to hydrolysis) is 2. The molecule has 6 aromatic rings. The normalized spacial score (nSPS) is 16.7. The molecule has 5 amide bonds. The molecule has 0 saturated carbocycles. The predicted molar refractivity (Wildman–Crippen MR) is 237 cm³/mol. The lowest BCUT2D eigenvalue weighted by atomic mass is 10.0. The summed E-state index contributed by atoms with van der Waals surface area (Å²) in [4.78, 5) is 85.5. The fraction of sp³-hybridized carbons (Fsp3) is 0.271. The fourth-order valence-corrected chi connectivity index (χ4v) is 8.55. The van der Waals surface area contributed by atoms with E-state index >= 15 is 0 Å². The van der Waals surface area contributed by atoms with Crippen LogP contribution in [0.15, 0.2) is 115 Å². The van der Waals surface area contributed by atoms with E-state index in [0.717, 1.165) is 40.8 Å². The largest absolute Gasteiger partial charge is 0.453 e. The zero-order valence-electron chi connectivity index (χ0n) is 35.7. The lowest BCUT2D eigenvalue weighted by Gasteiger charge is -2.28. The first kappa shape index (κ1) is 42.9. The Morgan fingerprint density at radius 3 is 1.58 bits per heavy atom. The van der Waals surface area contributed by atoms with Gasteiger partial charge >= 0.3 is 12.2 Å². The number of hydrogen-bond acceptors (Lipinski definition) is 9. The molecule has 16 nitrogen and oxygen atoms in total. The van der Waals surface area contributed by atoms with Crippen LogP contribution in [-0.4, -0.2) is 94.0 Å². The minimum absolute atomic E-state index is 0.207. The molecule has 4 heterocycles. The van der Waals surface area contributed by atoms with Crippen LogP contribution in [0.4, 0.5) is 9.59 Å². The summed E-state index contributed by atoms with van der Waals surface area (Å²) in [6.07, 6.45) is 3.21. The number of rotatable bonds is 12. The molecule has 8 rings (SSSR count). The SMILES string of the molecule is CNC(=O)c1nc([C@@H]2CCCN2C(=O)[C@H](NC(=O)OC)c2ccccc2)[nH]c1-c1ccc(-c2ccc(-c3cnc([C@@H]4CCCN4C(=O)[C@H](NC(=O)OC)c4ccccc4)[nH]3)cc2)cc1. The Labute approximate surface area is 369 Å². The van der Waals surface area contributed by atoms with E-state index in [1.54, 1.807) is 59.4 Å². The highest BCUT2D eigenvalue weighted by atomic mass is 16.5. The quantitative estimate of drug-likeness (QED) is 0.0857. The summed E-state index contributed by atoms with van der Waals surface area (Å²) in [5.41, 5.74) is 6.39. The number of nitrogens with zero attached hydrogens (tertiary/aromatic N) is 4. The van der Waals surface area contributed by atoms with Gasteiger partial charge < -0.3 is 45.2 Å². The van der Waals surface area contributed by atoms with Gasteiger partial charge in [0.25, 0.3) is 17.7 Å². The third-order valence-corrected chi connectivity index (χ3v) is 11.8. The molecule has 5 N–H and O–H groups in total. The lowest BCUT2D eigenvalue weighted by Crippen LogP contribution is -2.42. The Balaban J connectivity index is 0.980. The second-order valence-corrected chi connectivity index (χ2v) is 15.6.